The Morgan fingerprint density at radius 3 is 1.89 bits per heavy atom. The normalized spacial score (nSPS) is 12.1. The minimum Gasteiger partial charge on any atom is -0.497 e. The quantitative estimate of drug-likeness (QED) is 0.170. The Kier molecular flexibility index (Phi) is 8.24. The molecule has 5 aromatic carbocycles. The summed E-state index contributed by atoms with van der Waals surface area (Å²) in [6, 6.07) is 37.7. The highest BCUT2D eigenvalue weighted by atomic mass is 32.3. The molecule has 1 amide bonds. The molecule has 10 heteroatoms. The third-order valence-corrected chi connectivity index (χ3v) is 13.0. The molecule has 0 saturated carbocycles. The molecule has 1 aromatic heterocycles. The minimum atomic E-state index is -4.22. The van der Waals surface area contributed by atoms with Crippen molar-refractivity contribution in [2.75, 3.05) is 12.4 Å². The minimum absolute atomic E-state index is 0.0660. The monoisotopic (exact) mass is 640 g/mol. The van der Waals surface area contributed by atoms with E-state index in [1.165, 1.54) is 11.3 Å². The number of thiazole rings is 1. The van der Waals surface area contributed by atoms with Gasteiger partial charge in [0.2, 0.25) is 0 Å². The molecule has 0 aliphatic heterocycles. The summed E-state index contributed by atoms with van der Waals surface area (Å²) in [5.74, 6) is 0.375. The number of anilines is 1. The van der Waals surface area contributed by atoms with Gasteiger partial charge < -0.3 is 4.74 Å². The average Bonchev–Trinajstić information content (AvgIpc) is 3.46. The number of aryl methyl sites for hydroxylation is 1. The van der Waals surface area contributed by atoms with E-state index in [9.17, 15) is 13.2 Å². The van der Waals surface area contributed by atoms with Crippen molar-refractivity contribution in [3.8, 4) is 5.75 Å². The number of rotatable bonds is 9. The summed E-state index contributed by atoms with van der Waals surface area (Å²) in [5.41, 5.74) is 2.09. The molecule has 0 unspecified atom stereocenters. The fraction of sp³-hybridized carbons (Fsp3) is 0.0588. The third-order valence-electron chi connectivity index (χ3n) is 6.92. The highest BCUT2D eigenvalue weighted by Crippen LogP contribution is 2.70. The van der Waals surface area contributed by atoms with Gasteiger partial charge in [-0.3, -0.25) is 10.1 Å². The third kappa shape index (κ3) is 5.85. The summed E-state index contributed by atoms with van der Waals surface area (Å²) in [6.45, 7) is 1.90. The van der Waals surface area contributed by atoms with Crippen LogP contribution in [0.2, 0.25) is 0 Å². The van der Waals surface area contributed by atoms with E-state index in [-0.39, 0.29) is 10.8 Å². The Bertz CT molecular complexity index is 1990. The van der Waals surface area contributed by atoms with Gasteiger partial charge in [0.1, 0.15) is 5.75 Å². The average molecular weight is 641 g/mol. The van der Waals surface area contributed by atoms with Gasteiger partial charge >= 0.3 is 10.1 Å². The van der Waals surface area contributed by atoms with Crippen molar-refractivity contribution in [1.29, 1.82) is 0 Å². The van der Waals surface area contributed by atoms with Gasteiger partial charge in [0.05, 0.1) is 22.2 Å². The molecule has 44 heavy (non-hydrogen) atoms. The molecule has 7 nitrogen and oxygen atoms in total. The first-order valence-electron chi connectivity index (χ1n) is 13.6. The van der Waals surface area contributed by atoms with Gasteiger partial charge in [-0.1, -0.05) is 65.4 Å². The van der Waals surface area contributed by atoms with Crippen LogP contribution in [0.25, 0.3) is 10.2 Å². The van der Waals surface area contributed by atoms with Crippen molar-refractivity contribution in [2.45, 2.75) is 26.5 Å². The first kappa shape index (κ1) is 29.6. The Hall–Kier alpha value is -4.48. The lowest BCUT2D eigenvalue weighted by Crippen LogP contribution is -2.15. The Morgan fingerprint density at radius 1 is 0.727 bits per heavy atom. The van der Waals surface area contributed by atoms with Crippen molar-refractivity contribution in [2.24, 2.45) is 0 Å². The molecule has 0 fully saturated rings. The van der Waals surface area contributed by atoms with Crippen molar-refractivity contribution in [3.63, 3.8) is 0 Å². The van der Waals surface area contributed by atoms with Crippen LogP contribution in [0.1, 0.15) is 15.9 Å². The highest BCUT2D eigenvalue weighted by molar-refractivity contribution is 8.33. The van der Waals surface area contributed by atoms with Crippen LogP contribution in [0.4, 0.5) is 5.13 Å². The maximum atomic E-state index is 13.9. The maximum absolute atomic E-state index is 13.9. The fourth-order valence-electron chi connectivity index (χ4n) is 4.68. The van der Waals surface area contributed by atoms with Gasteiger partial charge in [0.25, 0.3) is 5.91 Å². The summed E-state index contributed by atoms with van der Waals surface area (Å²) in [7, 11) is -5.44. The number of nitrogens with one attached hydrogen (secondary N) is 1. The van der Waals surface area contributed by atoms with Gasteiger partial charge in [-0.05, 0) is 96.1 Å². The van der Waals surface area contributed by atoms with Crippen molar-refractivity contribution in [3.05, 3.63) is 139 Å². The molecule has 0 bridgehead atoms. The number of carbonyl (C=O) groups is 1. The zero-order chi connectivity index (χ0) is 30.7. The molecule has 1 heterocycles. The number of carbonyl (C=O) groups excluding carboxylic acids is 1. The second-order valence-corrected chi connectivity index (χ2v) is 15.3. The first-order valence-corrected chi connectivity index (χ1v) is 17.4. The molecule has 222 valence electrons. The first-order chi connectivity index (χ1) is 21.3. The van der Waals surface area contributed by atoms with Crippen LogP contribution < -0.4 is 10.1 Å². The molecule has 0 atom stereocenters. The van der Waals surface area contributed by atoms with Gasteiger partial charge in [-0.25, -0.2) is 8.61 Å². The molecular formula is C34H28N2O5S3. The number of hydrogen-bond acceptors (Lipinski definition) is 7. The SMILES string of the molecule is COc1ccc2nc(NC(=O)c3ccc(S(OS(=O)(=O)c4ccc(C)cc4)(c4ccccc4)c4ccccc4)cc3)sc2c1. The van der Waals surface area contributed by atoms with Crippen molar-refractivity contribution in [1.82, 2.24) is 4.98 Å². The summed E-state index contributed by atoms with van der Waals surface area (Å²) < 4.78 is 40.4. The van der Waals surface area contributed by atoms with E-state index in [1.54, 1.807) is 55.6 Å². The van der Waals surface area contributed by atoms with Crippen LogP contribution in [-0.2, 0) is 13.7 Å². The molecule has 0 radical (unpaired) electrons. The lowest BCUT2D eigenvalue weighted by Gasteiger charge is -2.39. The number of methoxy groups -OCH3 is 1. The predicted molar refractivity (Wildman–Crippen MR) is 175 cm³/mol. The van der Waals surface area contributed by atoms with Crippen LogP contribution >= 0.6 is 21.6 Å². The molecule has 0 aliphatic rings. The van der Waals surface area contributed by atoms with E-state index in [0.29, 0.717) is 31.1 Å². The lowest BCUT2D eigenvalue weighted by atomic mass is 10.2. The topological polar surface area (TPSA) is 94.6 Å². The van der Waals surface area contributed by atoms with Crippen molar-refractivity contribution < 1.29 is 21.6 Å². The van der Waals surface area contributed by atoms with E-state index in [2.05, 4.69) is 10.3 Å². The molecule has 1 N–H and O–H groups in total. The van der Waals surface area contributed by atoms with Crippen LogP contribution in [0, 0.1) is 6.92 Å². The maximum Gasteiger partial charge on any atom is 0.307 e. The lowest BCUT2D eigenvalue weighted by molar-refractivity contribution is 0.102. The van der Waals surface area contributed by atoms with Gasteiger partial charge in [0.15, 0.2) is 5.13 Å². The molecular weight excluding hydrogens is 613 g/mol. The largest absolute Gasteiger partial charge is 0.497 e. The molecule has 0 aliphatic carbocycles. The molecule has 0 spiro atoms. The number of fused-ring (bicyclic) bond motifs is 1. The second-order valence-electron chi connectivity index (χ2n) is 9.85. The van der Waals surface area contributed by atoms with Gasteiger partial charge in [-0.15, -0.1) is 0 Å². The zero-order valence-corrected chi connectivity index (χ0v) is 26.3. The van der Waals surface area contributed by atoms with Crippen LogP contribution in [-0.4, -0.2) is 26.4 Å². The number of nitrogens with zero attached hydrogens (tertiary/aromatic N) is 1. The van der Waals surface area contributed by atoms with Crippen LogP contribution in [0.5, 0.6) is 5.75 Å². The van der Waals surface area contributed by atoms with E-state index < -0.39 is 20.4 Å². The summed E-state index contributed by atoms with van der Waals surface area (Å²) in [6.07, 6.45) is 0. The summed E-state index contributed by atoms with van der Waals surface area (Å²) >= 11 is 1.35. The van der Waals surface area contributed by atoms with Crippen LogP contribution in [0.15, 0.2) is 147 Å². The van der Waals surface area contributed by atoms with Gasteiger partial charge in [0, 0.05) is 20.2 Å². The Balaban J connectivity index is 1.40. The highest BCUT2D eigenvalue weighted by Gasteiger charge is 2.38. The number of ether oxygens (including phenoxy) is 1. The Morgan fingerprint density at radius 2 is 1.30 bits per heavy atom. The van der Waals surface area contributed by atoms with Gasteiger partial charge in [-0.2, -0.15) is 8.42 Å². The molecule has 0 saturated heterocycles. The second kappa shape index (κ2) is 12.3. The number of aromatic nitrogens is 1. The predicted octanol–water partition coefficient (Wildman–Crippen LogP) is 8.47. The standard InChI is InChI=1S/C34H28N2O5S3/c1-24-13-18-30(19-14-24)44(38,39)41-43(27-9-5-3-6-10-27,28-11-7-4-8-12-28)29-20-15-25(16-21-29)33(37)36-34-35-31-22-17-26(40-2)23-32(31)42-34/h3-23H,1-2H3,(H,35,36,37). The number of amides is 1. The van der Waals surface area contributed by atoms with Crippen LogP contribution in [0.3, 0.4) is 0 Å². The smallest absolute Gasteiger partial charge is 0.307 e. The van der Waals surface area contributed by atoms with E-state index in [1.807, 2.05) is 85.8 Å². The zero-order valence-electron chi connectivity index (χ0n) is 23.8. The molecule has 6 rings (SSSR count). The van der Waals surface area contributed by atoms with E-state index in [0.717, 1.165) is 15.8 Å². The van der Waals surface area contributed by atoms with Crippen molar-refractivity contribution >= 4 is 53.0 Å². The van der Waals surface area contributed by atoms with E-state index in [4.69, 9.17) is 8.37 Å². The summed E-state index contributed by atoms with van der Waals surface area (Å²) in [5, 5.41) is 3.34. The fourth-order valence-corrected chi connectivity index (χ4v) is 10.8. The van der Waals surface area contributed by atoms with E-state index >= 15 is 0 Å². The number of hydrogen-bond donors (Lipinski definition) is 1. The summed E-state index contributed by atoms with van der Waals surface area (Å²) in [4.78, 5) is 19.9. The molecule has 6 aromatic rings. The Labute approximate surface area is 261 Å². The number of benzene rings is 5.